The molecule has 8 nitrogen and oxygen atoms in total. The van der Waals surface area contributed by atoms with E-state index < -0.39 is 5.60 Å². The van der Waals surface area contributed by atoms with Crippen LogP contribution in [0.25, 0.3) is 5.69 Å². The molecule has 0 atom stereocenters. The van der Waals surface area contributed by atoms with Crippen LogP contribution in [0.4, 0.5) is 4.79 Å². The zero-order chi connectivity index (χ0) is 22.2. The van der Waals surface area contributed by atoms with Crippen LogP contribution in [0.15, 0.2) is 35.1 Å². The Labute approximate surface area is 181 Å². The van der Waals surface area contributed by atoms with E-state index in [0.29, 0.717) is 44.2 Å². The average Bonchev–Trinajstić information content (AvgIpc) is 3.49. The fourth-order valence-corrected chi connectivity index (χ4v) is 3.86. The first-order valence-corrected chi connectivity index (χ1v) is 10.9. The van der Waals surface area contributed by atoms with Crippen LogP contribution in [-0.2, 0) is 11.2 Å². The number of aromatic nitrogens is 2. The van der Waals surface area contributed by atoms with E-state index in [-0.39, 0.29) is 17.7 Å². The third-order valence-corrected chi connectivity index (χ3v) is 5.62. The molecular formula is C23H30N4O4. The Kier molecular flexibility index (Phi) is 5.64. The quantitative estimate of drug-likeness (QED) is 0.814. The van der Waals surface area contributed by atoms with Gasteiger partial charge in [-0.2, -0.15) is 0 Å². The number of piperazine rings is 1. The summed E-state index contributed by atoms with van der Waals surface area (Å²) < 4.78 is 7.06. The van der Waals surface area contributed by atoms with Gasteiger partial charge in [-0.05, 0) is 58.1 Å². The summed E-state index contributed by atoms with van der Waals surface area (Å²) in [6.07, 6.45) is 2.58. The number of H-pyrrole nitrogens is 1. The minimum absolute atomic E-state index is 0.189. The van der Waals surface area contributed by atoms with Crippen molar-refractivity contribution < 1.29 is 14.3 Å². The number of rotatable bonds is 4. The summed E-state index contributed by atoms with van der Waals surface area (Å²) in [5, 5.41) is 0. The van der Waals surface area contributed by atoms with Crippen molar-refractivity contribution in [3.63, 3.8) is 0 Å². The van der Waals surface area contributed by atoms with Gasteiger partial charge in [0.05, 0.1) is 11.4 Å². The zero-order valence-corrected chi connectivity index (χ0v) is 18.4. The molecule has 0 bridgehead atoms. The number of nitrogens with one attached hydrogen (secondary N) is 1. The van der Waals surface area contributed by atoms with E-state index in [2.05, 4.69) is 4.98 Å². The second-order valence-corrected chi connectivity index (χ2v) is 9.33. The number of carbonyl (C=O) groups is 2. The smallest absolute Gasteiger partial charge is 0.410 e. The van der Waals surface area contributed by atoms with Gasteiger partial charge in [-0.1, -0.05) is 18.2 Å². The van der Waals surface area contributed by atoms with Crippen molar-refractivity contribution in [3.8, 4) is 5.69 Å². The maximum Gasteiger partial charge on any atom is 0.410 e. The maximum absolute atomic E-state index is 13.3. The molecule has 31 heavy (non-hydrogen) atoms. The van der Waals surface area contributed by atoms with Gasteiger partial charge in [0.2, 0.25) is 0 Å². The second kappa shape index (κ2) is 8.24. The van der Waals surface area contributed by atoms with Crippen LogP contribution < -0.4 is 5.69 Å². The molecule has 2 amide bonds. The molecule has 166 valence electrons. The van der Waals surface area contributed by atoms with Gasteiger partial charge in [0.15, 0.2) is 0 Å². The fourth-order valence-electron chi connectivity index (χ4n) is 3.86. The maximum atomic E-state index is 13.3. The topological polar surface area (TPSA) is 87.6 Å². The molecule has 1 saturated heterocycles. The van der Waals surface area contributed by atoms with E-state index in [1.54, 1.807) is 14.4 Å². The minimum Gasteiger partial charge on any atom is -0.444 e. The third-order valence-electron chi connectivity index (χ3n) is 5.62. The first-order chi connectivity index (χ1) is 14.7. The van der Waals surface area contributed by atoms with Gasteiger partial charge in [-0.3, -0.25) is 9.36 Å². The number of hydrogen-bond acceptors (Lipinski definition) is 4. The molecule has 1 aromatic carbocycles. The van der Waals surface area contributed by atoms with Gasteiger partial charge >= 0.3 is 11.8 Å². The number of aromatic amines is 1. The molecule has 1 N–H and O–H groups in total. The summed E-state index contributed by atoms with van der Waals surface area (Å²) in [6, 6.07) is 9.41. The van der Waals surface area contributed by atoms with E-state index in [1.807, 2.05) is 51.1 Å². The van der Waals surface area contributed by atoms with Crippen molar-refractivity contribution in [2.75, 3.05) is 26.2 Å². The fraction of sp³-hybridized carbons (Fsp3) is 0.522. The summed E-state index contributed by atoms with van der Waals surface area (Å²) in [5.74, 6) is 0.326. The summed E-state index contributed by atoms with van der Waals surface area (Å²) in [6.45, 7) is 7.11. The predicted molar refractivity (Wildman–Crippen MR) is 117 cm³/mol. The molecule has 2 aromatic rings. The number of carbonyl (C=O) groups excluding carboxylic acids is 2. The summed E-state index contributed by atoms with van der Waals surface area (Å²) in [5.41, 5.74) is 1.03. The molecule has 1 saturated carbocycles. The monoisotopic (exact) mass is 426 g/mol. The lowest BCUT2D eigenvalue weighted by Crippen LogP contribution is -2.51. The largest absolute Gasteiger partial charge is 0.444 e. The zero-order valence-electron chi connectivity index (χ0n) is 18.4. The molecule has 1 aliphatic carbocycles. The third kappa shape index (κ3) is 4.84. The molecule has 0 unspecified atom stereocenters. The standard InChI is InChI=1S/C23H30N4O4/c1-23(2,3)31-22(30)26-13-11-25(12-14-26)20(28)19-18(15-16-9-10-16)27(21(29)24-19)17-7-5-4-6-8-17/h4-8,16H,9-15H2,1-3H3,(H,24,29). The molecule has 8 heteroatoms. The minimum atomic E-state index is -0.554. The van der Waals surface area contributed by atoms with Crippen LogP contribution in [0.3, 0.4) is 0 Å². The molecule has 2 fully saturated rings. The van der Waals surface area contributed by atoms with Crippen molar-refractivity contribution in [2.24, 2.45) is 5.92 Å². The highest BCUT2D eigenvalue weighted by molar-refractivity contribution is 5.94. The lowest BCUT2D eigenvalue weighted by Gasteiger charge is -2.35. The van der Waals surface area contributed by atoms with Gasteiger partial charge in [0.25, 0.3) is 5.91 Å². The van der Waals surface area contributed by atoms with Crippen molar-refractivity contribution in [1.82, 2.24) is 19.4 Å². The van der Waals surface area contributed by atoms with Crippen molar-refractivity contribution in [1.29, 1.82) is 0 Å². The van der Waals surface area contributed by atoms with E-state index in [4.69, 9.17) is 4.74 Å². The summed E-state index contributed by atoms with van der Waals surface area (Å²) >= 11 is 0. The van der Waals surface area contributed by atoms with Gasteiger partial charge in [0.1, 0.15) is 11.3 Å². The highest BCUT2D eigenvalue weighted by atomic mass is 16.6. The summed E-state index contributed by atoms with van der Waals surface area (Å²) in [4.78, 5) is 44.6. The molecule has 0 spiro atoms. The van der Waals surface area contributed by atoms with Crippen molar-refractivity contribution in [3.05, 3.63) is 52.2 Å². The van der Waals surface area contributed by atoms with E-state index in [1.165, 1.54) is 0 Å². The van der Waals surface area contributed by atoms with E-state index in [0.717, 1.165) is 24.2 Å². The number of benzene rings is 1. The van der Waals surface area contributed by atoms with Crippen LogP contribution in [0.1, 0.15) is 49.8 Å². The van der Waals surface area contributed by atoms with E-state index in [9.17, 15) is 14.4 Å². The van der Waals surface area contributed by atoms with Crippen LogP contribution in [0.5, 0.6) is 0 Å². The molecule has 1 aromatic heterocycles. The van der Waals surface area contributed by atoms with Crippen molar-refractivity contribution in [2.45, 2.75) is 45.6 Å². The van der Waals surface area contributed by atoms with Gasteiger partial charge < -0.3 is 19.5 Å². The number of nitrogens with zero attached hydrogens (tertiary/aromatic N) is 3. The number of amides is 2. The van der Waals surface area contributed by atoms with Crippen LogP contribution in [0.2, 0.25) is 0 Å². The van der Waals surface area contributed by atoms with Crippen LogP contribution in [0, 0.1) is 5.92 Å². The van der Waals surface area contributed by atoms with Gasteiger partial charge in [0, 0.05) is 26.2 Å². The number of para-hydroxylation sites is 1. The molecule has 0 radical (unpaired) electrons. The lowest BCUT2D eigenvalue weighted by atomic mass is 10.1. The molecule has 4 rings (SSSR count). The lowest BCUT2D eigenvalue weighted by molar-refractivity contribution is 0.0140. The average molecular weight is 427 g/mol. The molecule has 2 aliphatic rings. The molecule has 2 heterocycles. The van der Waals surface area contributed by atoms with Crippen LogP contribution in [-0.4, -0.2) is 63.1 Å². The summed E-state index contributed by atoms with van der Waals surface area (Å²) in [7, 11) is 0. The normalized spacial score (nSPS) is 17.0. The van der Waals surface area contributed by atoms with Crippen LogP contribution >= 0.6 is 0 Å². The molecular weight excluding hydrogens is 396 g/mol. The van der Waals surface area contributed by atoms with Crippen molar-refractivity contribution >= 4 is 12.0 Å². The highest BCUT2D eigenvalue weighted by Crippen LogP contribution is 2.34. The first-order valence-electron chi connectivity index (χ1n) is 10.9. The Balaban J connectivity index is 1.53. The van der Waals surface area contributed by atoms with Gasteiger partial charge in [-0.15, -0.1) is 0 Å². The molecule has 1 aliphatic heterocycles. The number of hydrogen-bond donors (Lipinski definition) is 1. The Bertz CT molecular complexity index is 1010. The SMILES string of the molecule is CC(C)(C)OC(=O)N1CCN(C(=O)c2[nH]c(=O)n(-c3ccccc3)c2CC2CC2)CC1. The predicted octanol–water partition coefficient (Wildman–Crippen LogP) is 2.81. The Hall–Kier alpha value is -3.03. The Morgan fingerprint density at radius 2 is 1.65 bits per heavy atom. The van der Waals surface area contributed by atoms with Gasteiger partial charge in [-0.25, -0.2) is 9.59 Å². The Morgan fingerprint density at radius 3 is 2.23 bits per heavy atom. The van der Waals surface area contributed by atoms with E-state index >= 15 is 0 Å². The highest BCUT2D eigenvalue weighted by Gasteiger charge is 2.33. The number of imidazole rings is 1. The first kappa shape index (κ1) is 21.2. The Morgan fingerprint density at radius 1 is 1.03 bits per heavy atom. The number of ether oxygens (including phenoxy) is 1. The second-order valence-electron chi connectivity index (χ2n) is 9.33.